The van der Waals surface area contributed by atoms with E-state index in [1.807, 2.05) is 24.3 Å². The molecule has 1 aliphatic heterocycles. The number of rotatable bonds is 4. The molecule has 4 saturated carbocycles. The fraction of sp³-hybridized carbons (Fsp3) is 0.682. The van der Waals surface area contributed by atoms with Gasteiger partial charge in [-0.1, -0.05) is 15.9 Å². The molecule has 0 radical (unpaired) electrons. The molecule has 6 rings (SSSR count). The highest BCUT2D eigenvalue weighted by Gasteiger charge is 2.53. The van der Waals surface area contributed by atoms with Crippen molar-refractivity contribution >= 4 is 27.5 Å². The zero-order chi connectivity index (χ0) is 18.4. The predicted molar refractivity (Wildman–Crippen MR) is 112 cm³/mol. The Balaban J connectivity index is 1.14. The van der Waals surface area contributed by atoms with Gasteiger partial charge >= 0.3 is 0 Å². The van der Waals surface area contributed by atoms with Crippen molar-refractivity contribution in [2.75, 3.05) is 38.0 Å². The highest BCUT2D eigenvalue weighted by Crippen LogP contribution is 2.57. The molecular formula is C22H30BrN3O. The summed E-state index contributed by atoms with van der Waals surface area (Å²) in [6, 6.07) is 7.79. The average Bonchev–Trinajstić information content (AvgIpc) is 2.63. The molecule has 1 amide bonds. The number of halogens is 1. The average molecular weight is 432 g/mol. The molecule has 0 spiro atoms. The SMILES string of the molecule is O=C(CN1CCN(C23CC4CC(CC(C4)C2)C3)CC1)Nc1ccc(Br)cc1. The van der Waals surface area contributed by atoms with Crippen molar-refractivity contribution < 1.29 is 4.79 Å². The Bertz CT molecular complexity index is 661. The van der Waals surface area contributed by atoms with Crippen LogP contribution in [0.25, 0.3) is 0 Å². The summed E-state index contributed by atoms with van der Waals surface area (Å²) in [6.07, 6.45) is 8.87. The molecule has 5 heteroatoms. The summed E-state index contributed by atoms with van der Waals surface area (Å²) in [5.41, 5.74) is 1.39. The number of hydrogen-bond acceptors (Lipinski definition) is 3. The fourth-order valence-electron chi connectivity index (χ4n) is 6.77. The van der Waals surface area contributed by atoms with Crippen molar-refractivity contribution in [3.63, 3.8) is 0 Å². The number of nitrogens with zero attached hydrogens (tertiary/aromatic N) is 2. The second kappa shape index (κ2) is 7.16. The van der Waals surface area contributed by atoms with Crippen molar-refractivity contribution in [2.24, 2.45) is 17.8 Å². The number of benzene rings is 1. The van der Waals surface area contributed by atoms with Gasteiger partial charge in [-0.15, -0.1) is 0 Å². The standard InChI is InChI=1S/C22H30BrN3O/c23-19-1-3-20(4-2-19)24-21(27)15-25-5-7-26(8-6-25)22-12-16-9-17(13-22)11-18(10-16)14-22/h1-4,16-18H,5-15H2,(H,24,27). The molecule has 1 heterocycles. The normalized spacial score (nSPS) is 36.1. The van der Waals surface area contributed by atoms with E-state index in [4.69, 9.17) is 0 Å². The molecular weight excluding hydrogens is 402 g/mol. The monoisotopic (exact) mass is 431 g/mol. The molecule has 1 saturated heterocycles. The van der Waals surface area contributed by atoms with Crippen LogP contribution in [0.2, 0.25) is 0 Å². The van der Waals surface area contributed by atoms with Crippen LogP contribution in [0, 0.1) is 17.8 Å². The molecule has 146 valence electrons. The summed E-state index contributed by atoms with van der Waals surface area (Å²) < 4.78 is 1.03. The summed E-state index contributed by atoms with van der Waals surface area (Å²) in [4.78, 5) is 17.5. The number of nitrogens with one attached hydrogen (secondary N) is 1. The minimum atomic E-state index is 0.0978. The first-order chi connectivity index (χ1) is 13.1. The van der Waals surface area contributed by atoms with Crippen LogP contribution >= 0.6 is 15.9 Å². The number of amides is 1. The van der Waals surface area contributed by atoms with Crippen LogP contribution in [0.5, 0.6) is 0 Å². The van der Waals surface area contributed by atoms with Gasteiger partial charge in [0.15, 0.2) is 0 Å². The van der Waals surface area contributed by atoms with E-state index in [2.05, 4.69) is 31.0 Å². The van der Waals surface area contributed by atoms with E-state index in [9.17, 15) is 4.79 Å². The summed E-state index contributed by atoms with van der Waals surface area (Å²) in [5.74, 6) is 3.11. The fourth-order valence-corrected chi connectivity index (χ4v) is 7.03. The third-order valence-corrected chi connectivity index (χ3v) is 8.07. The molecule has 5 fully saturated rings. The summed E-state index contributed by atoms with van der Waals surface area (Å²) in [6.45, 7) is 4.82. The topological polar surface area (TPSA) is 35.6 Å². The Morgan fingerprint density at radius 2 is 1.52 bits per heavy atom. The Kier molecular flexibility index (Phi) is 4.81. The maximum Gasteiger partial charge on any atom is 0.238 e. The molecule has 0 unspecified atom stereocenters. The molecule has 0 aromatic heterocycles. The second-order valence-electron chi connectivity index (χ2n) is 9.46. The maximum atomic E-state index is 12.4. The van der Waals surface area contributed by atoms with E-state index < -0.39 is 0 Å². The van der Waals surface area contributed by atoms with Crippen LogP contribution in [0.15, 0.2) is 28.7 Å². The summed E-state index contributed by atoms with van der Waals surface area (Å²) in [5, 5.41) is 3.02. The van der Waals surface area contributed by atoms with E-state index >= 15 is 0 Å². The van der Waals surface area contributed by atoms with Crippen molar-refractivity contribution in [1.29, 1.82) is 0 Å². The van der Waals surface area contributed by atoms with E-state index in [0.29, 0.717) is 12.1 Å². The van der Waals surface area contributed by atoms with Gasteiger partial charge in [-0.25, -0.2) is 0 Å². The van der Waals surface area contributed by atoms with Crippen LogP contribution in [0.4, 0.5) is 5.69 Å². The lowest BCUT2D eigenvalue weighted by atomic mass is 9.52. The maximum absolute atomic E-state index is 12.4. The van der Waals surface area contributed by atoms with Gasteiger partial charge in [0.05, 0.1) is 6.54 Å². The Hall–Kier alpha value is -0.910. The predicted octanol–water partition coefficient (Wildman–Crippen LogP) is 3.97. The molecule has 1 aromatic rings. The Morgan fingerprint density at radius 3 is 2.07 bits per heavy atom. The number of anilines is 1. The molecule has 5 aliphatic rings. The van der Waals surface area contributed by atoms with Gasteiger partial charge in [-0.2, -0.15) is 0 Å². The minimum absolute atomic E-state index is 0.0978. The molecule has 4 bridgehead atoms. The summed E-state index contributed by atoms with van der Waals surface area (Å²) in [7, 11) is 0. The van der Waals surface area contributed by atoms with Gasteiger partial charge < -0.3 is 5.32 Å². The van der Waals surface area contributed by atoms with E-state index in [1.54, 1.807) is 0 Å². The van der Waals surface area contributed by atoms with E-state index in [-0.39, 0.29) is 5.91 Å². The van der Waals surface area contributed by atoms with Crippen LogP contribution in [0.3, 0.4) is 0 Å². The first-order valence-electron chi connectivity index (χ1n) is 10.6. The van der Waals surface area contributed by atoms with Gasteiger partial charge in [0.2, 0.25) is 5.91 Å². The highest BCUT2D eigenvalue weighted by atomic mass is 79.9. The van der Waals surface area contributed by atoms with Crippen LogP contribution in [-0.4, -0.2) is 54.0 Å². The van der Waals surface area contributed by atoms with Crippen molar-refractivity contribution in [3.05, 3.63) is 28.7 Å². The van der Waals surface area contributed by atoms with E-state index in [1.165, 1.54) is 38.5 Å². The van der Waals surface area contributed by atoms with Gasteiger partial charge in [0.25, 0.3) is 0 Å². The van der Waals surface area contributed by atoms with Gasteiger partial charge in [0.1, 0.15) is 0 Å². The minimum Gasteiger partial charge on any atom is -0.325 e. The smallest absolute Gasteiger partial charge is 0.238 e. The molecule has 1 aromatic carbocycles. The number of piperazine rings is 1. The lowest BCUT2D eigenvalue weighted by Crippen LogP contribution is -2.64. The second-order valence-corrected chi connectivity index (χ2v) is 10.4. The zero-order valence-electron chi connectivity index (χ0n) is 16.0. The zero-order valence-corrected chi connectivity index (χ0v) is 17.6. The first kappa shape index (κ1) is 18.1. The lowest BCUT2D eigenvalue weighted by molar-refractivity contribution is -0.120. The van der Waals surface area contributed by atoms with Gasteiger partial charge in [-0.05, 0) is 80.5 Å². The first-order valence-corrected chi connectivity index (χ1v) is 11.4. The lowest BCUT2D eigenvalue weighted by Gasteiger charge is -2.61. The van der Waals surface area contributed by atoms with Gasteiger partial charge in [-0.3, -0.25) is 14.6 Å². The van der Waals surface area contributed by atoms with Crippen LogP contribution in [0.1, 0.15) is 38.5 Å². The highest BCUT2D eigenvalue weighted by molar-refractivity contribution is 9.10. The largest absolute Gasteiger partial charge is 0.325 e. The van der Waals surface area contributed by atoms with Crippen molar-refractivity contribution in [3.8, 4) is 0 Å². The molecule has 27 heavy (non-hydrogen) atoms. The molecule has 1 N–H and O–H groups in total. The molecule has 4 nitrogen and oxygen atoms in total. The van der Waals surface area contributed by atoms with Crippen molar-refractivity contribution in [1.82, 2.24) is 9.80 Å². The van der Waals surface area contributed by atoms with Gasteiger partial charge in [0, 0.05) is 41.9 Å². The number of carbonyl (C=O) groups excluding carboxylic acids is 1. The van der Waals surface area contributed by atoms with Crippen LogP contribution < -0.4 is 5.32 Å². The van der Waals surface area contributed by atoms with Crippen LogP contribution in [-0.2, 0) is 4.79 Å². The Labute approximate surface area is 170 Å². The summed E-state index contributed by atoms with van der Waals surface area (Å²) >= 11 is 3.43. The molecule has 4 aliphatic carbocycles. The quantitative estimate of drug-likeness (QED) is 0.782. The third kappa shape index (κ3) is 3.70. The van der Waals surface area contributed by atoms with Crippen molar-refractivity contribution in [2.45, 2.75) is 44.1 Å². The number of carbonyl (C=O) groups is 1. The third-order valence-electron chi connectivity index (χ3n) is 7.54. The number of hydrogen-bond donors (Lipinski definition) is 1. The molecule has 0 atom stereocenters. The van der Waals surface area contributed by atoms with E-state index in [0.717, 1.165) is 54.1 Å². The Morgan fingerprint density at radius 1 is 0.963 bits per heavy atom.